The Hall–Kier alpha value is -1.31. The van der Waals surface area contributed by atoms with E-state index in [0.29, 0.717) is 5.56 Å². The molecule has 69 valence electrons. The van der Waals surface area contributed by atoms with Crippen molar-refractivity contribution in [1.82, 2.24) is 0 Å². The van der Waals surface area contributed by atoms with Crippen LogP contribution in [0.1, 0.15) is 19.4 Å². The molecule has 0 amide bonds. The Balaban J connectivity index is 3.03. The zero-order chi connectivity index (χ0) is 9.68. The van der Waals surface area contributed by atoms with Crippen LogP contribution < -0.4 is 4.90 Å². The molecular weight excluding hydrogens is 162 g/mol. The topological polar surface area (TPSA) is 20.3 Å². The average molecular weight is 176 g/mol. The summed E-state index contributed by atoms with van der Waals surface area (Å²) >= 11 is 0. The first-order valence-corrected chi connectivity index (χ1v) is 4.55. The monoisotopic (exact) mass is 176 g/mol. The molecule has 0 aromatic heterocycles. The van der Waals surface area contributed by atoms with Crippen LogP contribution in [0.5, 0.6) is 0 Å². The quantitative estimate of drug-likeness (QED) is 0.699. The van der Waals surface area contributed by atoms with Crippen LogP contribution in [0, 0.1) is 0 Å². The van der Waals surface area contributed by atoms with E-state index in [1.165, 1.54) is 0 Å². The van der Waals surface area contributed by atoms with Crippen molar-refractivity contribution in [1.29, 1.82) is 0 Å². The first-order valence-electron chi connectivity index (χ1n) is 4.55. The minimum absolute atomic E-state index is 0.645. The van der Waals surface area contributed by atoms with Gasteiger partial charge in [-0.2, -0.15) is 0 Å². The van der Waals surface area contributed by atoms with Gasteiger partial charge >= 0.3 is 0 Å². The Morgan fingerprint density at radius 2 is 1.85 bits per heavy atom. The molecule has 1 radical (unpaired) electrons. The van der Waals surface area contributed by atoms with Crippen LogP contribution in [0.2, 0.25) is 0 Å². The molecule has 0 unspecified atom stereocenters. The number of para-hydroxylation sites is 1. The fourth-order valence-corrected chi connectivity index (χ4v) is 1.40. The van der Waals surface area contributed by atoms with E-state index < -0.39 is 0 Å². The summed E-state index contributed by atoms with van der Waals surface area (Å²) in [5.74, 6) is 0. The lowest BCUT2D eigenvalue weighted by Crippen LogP contribution is -2.22. The summed E-state index contributed by atoms with van der Waals surface area (Å²) in [5.41, 5.74) is 1.62. The molecule has 0 heterocycles. The second-order valence-electron chi connectivity index (χ2n) is 2.79. The fraction of sp³-hybridized carbons (Fsp3) is 0.364. The Morgan fingerprint density at radius 1 is 1.23 bits per heavy atom. The fourth-order valence-electron chi connectivity index (χ4n) is 1.40. The van der Waals surface area contributed by atoms with Gasteiger partial charge in [0.25, 0.3) is 0 Å². The van der Waals surface area contributed by atoms with Crippen molar-refractivity contribution >= 4 is 12.0 Å². The normalized spacial score (nSPS) is 9.69. The van der Waals surface area contributed by atoms with Gasteiger partial charge in [-0.25, -0.2) is 0 Å². The van der Waals surface area contributed by atoms with Gasteiger partial charge in [-0.3, -0.25) is 4.79 Å². The van der Waals surface area contributed by atoms with Crippen molar-refractivity contribution in [3.05, 3.63) is 29.8 Å². The van der Waals surface area contributed by atoms with Gasteiger partial charge in [0.1, 0.15) is 0 Å². The molecule has 0 spiro atoms. The number of carbonyl (C=O) groups excluding carboxylic acids is 1. The van der Waals surface area contributed by atoms with Gasteiger partial charge in [-0.1, -0.05) is 12.1 Å². The standard InChI is InChI=1S/C11H14NO/c1-3-12(4-2)11-8-6-5-7-10(11)9-13/h5-8H,3-4H2,1-2H3. The van der Waals surface area contributed by atoms with E-state index in [0.717, 1.165) is 18.8 Å². The second-order valence-corrected chi connectivity index (χ2v) is 2.79. The first-order chi connectivity index (χ1) is 6.33. The first kappa shape index (κ1) is 9.78. The third-order valence-corrected chi connectivity index (χ3v) is 2.12. The minimum Gasteiger partial charge on any atom is -0.371 e. The molecule has 0 saturated heterocycles. The third kappa shape index (κ3) is 2.08. The highest BCUT2D eigenvalue weighted by molar-refractivity contribution is 5.84. The lowest BCUT2D eigenvalue weighted by molar-refractivity contribution is 0.562. The molecule has 1 aromatic rings. The van der Waals surface area contributed by atoms with Crippen LogP contribution in [0.15, 0.2) is 24.3 Å². The Kier molecular flexibility index (Phi) is 3.50. The van der Waals surface area contributed by atoms with Gasteiger partial charge in [-0.05, 0) is 26.0 Å². The van der Waals surface area contributed by atoms with Crippen molar-refractivity contribution in [2.45, 2.75) is 13.8 Å². The maximum Gasteiger partial charge on any atom is 0.235 e. The molecule has 0 N–H and O–H groups in total. The zero-order valence-corrected chi connectivity index (χ0v) is 8.08. The number of hydrogen-bond donors (Lipinski definition) is 0. The molecule has 2 nitrogen and oxygen atoms in total. The molecule has 0 fully saturated rings. The van der Waals surface area contributed by atoms with Crippen LogP contribution >= 0.6 is 0 Å². The molecule has 0 aliphatic heterocycles. The maximum atomic E-state index is 10.6. The number of hydrogen-bond acceptors (Lipinski definition) is 2. The Morgan fingerprint density at radius 3 is 2.38 bits per heavy atom. The second kappa shape index (κ2) is 4.65. The van der Waals surface area contributed by atoms with Gasteiger partial charge < -0.3 is 4.90 Å². The lowest BCUT2D eigenvalue weighted by Gasteiger charge is -2.21. The predicted molar refractivity (Wildman–Crippen MR) is 54.8 cm³/mol. The van der Waals surface area contributed by atoms with Crippen LogP contribution in [0.25, 0.3) is 0 Å². The van der Waals surface area contributed by atoms with E-state index in [1.54, 1.807) is 6.07 Å². The van der Waals surface area contributed by atoms with Gasteiger partial charge in [0.15, 0.2) is 0 Å². The SMILES string of the molecule is CCN(CC)c1ccccc1[C]=O. The highest BCUT2D eigenvalue weighted by Crippen LogP contribution is 2.17. The molecule has 1 rings (SSSR count). The highest BCUT2D eigenvalue weighted by Gasteiger charge is 2.06. The summed E-state index contributed by atoms with van der Waals surface area (Å²) in [5, 5.41) is 0. The minimum atomic E-state index is 0.645. The molecule has 2 heteroatoms. The number of rotatable bonds is 4. The summed E-state index contributed by atoms with van der Waals surface area (Å²) < 4.78 is 0. The molecule has 1 aromatic carbocycles. The summed E-state index contributed by atoms with van der Waals surface area (Å²) in [6.45, 7) is 5.97. The van der Waals surface area contributed by atoms with Gasteiger partial charge in [0, 0.05) is 24.3 Å². The molecule has 0 saturated carbocycles. The van der Waals surface area contributed by atoms with E-state index in [-0.39, 0.29) is 0 Å². The molecule has 0 atom stereocenters. The summed E-state index contributed by atoms with van der Waals surface area (Å²) in [6, 6.07) is 7.54. The number of anilines is 1. The van der Waals surface area contributed by atoms with Crippen LogP contribution in [0.4, 0.5) is 5.69 Å². The van der Waals surface area contributed by atoms with E-state index in [9.17, 15) is 4.79 Å². The zero-order valence-electron chi connectivity index (χ0n) is 8.08. The Bertz CT molecular complexity index is 279. The molecule has 0 bridgehead atoms. The summed E-state index contributed by atoms with van der Waals surface area (Å²) in [4.78, 5) is 12.8. The van der Waals surface area contributed by atoms with E-state index >= 15 is 0 Å². The molecule has 0 aliphatic rings. The van der Waals surface area contributed by atoms with Crippen molar-refractivity contribution < 1.29 is 4.79 Å². The van der Waals surface area contributed by atoms with Crippen molar-refractivity contribution in [2.24, 2.45) is 0 Å². The largest absolute Gasteiger partial charge is 0.371 e. The van der Waals surface area contributed by atoms with Gasteiger partial charge in [-0.15, -0.1) is 0 Å². The average Bonchev–Trinajstić information content (AvgIpc) is 2.20. The third-order valence-electron chi connectivity index (χ3n) is 2.12. The smallest absolute Gasteiger partial charge is 0.235 e. The van der Waals surface area contributed by atoms with Gasteiger partial charge in [0.05, 0.1) is 0 Å². The summed E-state index contributed by atoms with van der Waals surface area (Å²) in [6.07, 6.45) is 1.95. The van der Waals surface area contributed by atoms with Gasteiger partial charge in [0.2, 0.25) is 6.29 Å². The van der Waals surface area contributed by atoms with Crippen LogP contribution in [0.3, 0.4) is 0 Å². The van der Waals surface area contributed by atoms with Crippen molar-refractivity contribution in [3.63, 3.8) is 0 Å². The van der Waals surface area contributed by atoms with Crippen LogP contribution in [-0.2, 0) is 4.79 Å². The molecule has 13 heavy (non-hydrogen) atoms. The predicted octanol–water partition coefficient (Wildman–Crippen LogP) is 1.99. The maximum absolute atomic E-state index is 10.6. The van der Waals surface area contributed by atoms with Crippen LogP contribution in [-0.4, -0.2) is 19.4 Å². The van der Waals surface area contributed by atoms with E-state index in [2.05, 4.69) is 18.7 Å². The lowest BCUT2D eigenvalue weighted by atomic mass is 10.2. The molecular formula is C11H14NO. The van der Waals surface area contributed by atoms with E-state index in [4.69, 9.17) is 0 Å². The number of nitrogens with zero attached hydrogens (tertiary/aromatic N) is 1. The summed E-state index contributed by atoms with van der Waals surface area (Å²) in [7, 11) is 0. The van der Waals surface area contributed by atoms with E-state index in [1.807, 2.05) is 24.5 Å². The Labute approximate surface area is 79.2 Å². The molecule has 0 aliphatic carbocycles. The number of benzene rings is 1. The highest BCUT2D eigenvalue weighted by atomic mass is 16.1. The van der Waals surface area contributed by atoms with Crippen molar-refractivity contribution in [2.75, 3.05) is 18.0 Å². The van der Waals surface area contributed by atoms with Crippen molar-refractivity contribution in [3.8, 4) is 0 Å².